The summed E-state index contributed by atoms with van der Waals surface area (Å²) in [5.74, 6) is 0.0854. The van der Waals surface area contributed by atoms with Gasteiger partial charge >= 0.3 is 0 Å². The fourth-order valence-corrected chi connectivity index (χ4v) is 2.73. The smallest absolute Gasteiger partial charge is 0.279 e. The lowest BCUT2D eigenvalue weighted by Gasteiger charge is -2.17. The minimum absolute atomic E-state index is 0.0854. The van der Waals surface area contributed by atoms with Gasteiger partial charge in [-0.3, -0.25) is 4.79 Å². The second-order valence-corrected chi connectivity index (χ2v) is 5.78. The topological polar surface area (TPSA) is 33.5 Å². The first-order valence-electron chi connectivity index (χ1n) is 7.05. The van der Waals surface area contributed by atoms with Gasteiger partial charge in [-0.25, -0.2) is 0 Å². The van der Waals surface area contributed by atoms with Crippen LogP contribution in [-0.4, -0.2) is 25.5 Å². The second-order valence-electron chi connectivity index (χ2n) is 5.35. The average Bonchev–Trinajstić information content (AvgIpc) is 2.62. The Morgan fingerprint density at radius 2 is 1.95 bits per heavy atom. The summed E-state index contributed by atoms with van der Waals surface area (Å²) in [5, 5.41) is 3.63. The Morgan fingerprint density at radius 3 is 2.63 bits per heavy atom. The van der Waals surface area contributed by atoms with Gasteiger partial charge in [0.2, 0.25) is 0 Å². The molecule has 0 radical (unpaired) electrons. The van der Waals surface area contributed by atoms with Crippen LogP contribution in [0.15, 0.2) is 18.2 Å². The molecule has 0 aliphatic carbocycles. The van der Waals surface area contributed by atoms with E-state index in [1.807, 2.05) is 25.1 Å². The lowest BCUT2D eigenvalue weighted by atomic mass is 10.2. The van der Waals surface area contributed by atoms with E-state index in [2.05, 4.69) is 5.32 Å². The fraction of sp³-hybridized carbons (Fsp3) is 0.533. The van der Waals surface area contributed by atoms with Gasteiger partial charge in [-0.05, 0) is 50.3 Å². The first-order chi connectivity index (χ1) is 9.15. The average molecular weight is 282 g/mol. The molecule has 1 aromatic carbocycles. The van der Waals surface area contributed by atoms with Crippen LogP contribution in [0.2, 0.25) is 5.02 Å². The number of nitrogens with one attached hydrogen (secondary N) is 2. The molecule has 104 valence electrons. The summed E-state index contributed by atoms with van der Waals surface area (Å²) in [6, 6.07) is 5.58. The van der Waals surface area contributed by atoms with Crippen LogP contribution in [0, 0.1) is 6.92 Å². The largest absolute Gasteiger partial charge is 0.327 e. The summed E-state index contributed by atoms with van der Waals surface area (Å²) in [5.41, 5.74) is 1.87. The Hall–Kier alpha value is -1.06. The highest BCUT2D eigenvalue weighted by molar-refractivity contribution is 6.31. The highest BCUT2D eigenvalue weighted by atomic mass is 35.5. The van der Waals surface area contributed by atoms with Gasteiger partial charge in [0.1, 0.15) is 0 Å². The van der Waals surface area contributed by atoms with E-state index in [4.69, 9.17) is 11.6 Å². The lowest BCUT2D eigenvalue weighted by molar-refractivity contribution is -0.890. The van der Waals surface area contributed by atoms with Crippen molar-refractivity contribution in [1.29, 1.82) is 0 Å². The number of halogens is 1. The maximum absolute atomic E-state index is 12.1. The monoisotopic (exact) mass is 281 g/mol. The molecule has 19 heavy (non-hydrogen) atoms. The molecule has 1 heterocycles. The quantitative estimate of drug-likeness (QED) is 0.874. The zero-order chi connectivity index (χ0) is 13.7. The summed E-state index contributed by atoms with van der Waals surface area (Å²) in [4.78, 5) is 13.5. The number of hydrogen-bond donors (Lipinski definition) is 2. The summed E-state index contributed by atoms with van der Waals surface area (Å²) < 4.78 is 0. The minimum Gasteiger partial charge on any atom is -0.327 e. The lowest BCUT2D eigenvalue weighted by Crippen LogP contribution is -3.12. The van der Waals surface area contributed by atoms with Crippen molar-refractivity contribution in [1.82, 2.24) is 0 Å². The molecule has 1 saturated heterocycles. The Labute approximate surface area is 119 Å². The van der Waals surface area contributed by atoms with Gasteiger partial charge in [0.05, 0.1) is 13.1 Å². The van der Waals surface area contributed by atoms with Crippen LogP contribution < -0.4 is 10.2 Å². The molecule has 0 bridgehead atoms. The third-order valence-electron chi connectivity index (χ3n) is 3.69. The van der Waals surface area contributed by atoms with Crippen LogP contribution in [0.25, 0.3) is 0 Å². The van der Waals surface area contributed by atoms with Crippen molar-refractivity contribution in [3.63, 3.8) is 0 Å². The Morgan fingerprint density at radius 1 is 1.26 bits per heavy atom. The first kappa shape index (κ1) is 14.4. The molecule has 4 heteroatoms. The molecular formula is C15H22ClN2O+. The zero-order valence-corrected chi connectivity index (χ0v) is 12.2. The Bertz CT molecular complexity index is 440. The molecule has 1 aromatic rings. The molecule has 1 amide bonds. The molecule has 0 atom stereocenters. The number of carbonyl (C=O) groups excluding carboxylic acids is 1. The predicted octanol–water partition coefficient (Wildman–Crippen LogP) is 2.05. The van der Waals surface area contributed by atoms with E-state index in [1.54, 1.807) is 0 Å². The number of hydrogen-bond acceptors (Lipinski definition) is 1. The molecule has 0 spiro atoms. The molecular weight excluding hydrogens is 260 g/mol. The van der Waals surface area contributed by atoms with E-state index in [-0.39, 0.29) is 5.91 Å². The van der Waals surface area contributed by atoms with Crippen molar-refractivity contribution >= 4 is 23.2 Å². The summed E-state index contributed by atoms with van der Waals surface area (Å²) in [7, 11) is 0. The summed E-state index contributed by atoms with van der Waals surface area (Å²) in [6.07, 6.45) is 5.08. The van der Waals surface area contributed by atoms with Crippen molar-refractivity contribution < 1.29 is 9.69 Å². The molecule has 0 saturated carbocycles. The molecule has 1 fully saturated rings. The number of rotatable bonds is 3. The number of amides is 1. The maximum atomic E-state index is 12.1. The minimum atomic E-state index is 0.0854. The molecule has 2 rings (SSSR count). The molecule has 2 N–H and O–H groups in total. The van der Waals surface area contributed by atoms with Crippen molar-refractivity contribution in [2.45, 2.75) is 32.6 Å². The van der Waals surface area contributed by atoms with Gasteiger partial charge in [-0.1, -0.05) is 17.7 Å². The van der Waals surface area contributed by atoms with E-state index in [0.717, 1.165) is 24.3 Å². The van der Waals surface area contributed by atoms with Crippen molar-refractivity contribution in [3.8, 4) is 0 Å². The van der Waals surface area contributed by atoms with Crippen LogP contribution in [-0.2, 0) is 4.79 Å². The second kappa shape index (κ2) is 6.92. The number of likely N-dealkylation sites (tertiary alicyclic amines) is 1. The fourth-order valence-electron chi connectivity index (χ4n) is 2.56. The SMILES string of the molecule is Cc1ccc(Cl)cc1NC(=O)C[NH+]1CCCCCC1. The van der Waals surface area contributed by atoms with Gasteiger partial charge in [-0.2, -0.15) is 0 Å². The number of benzene rings is 1. The van der Waals surface area contributed by atoms with Gasteiger partial charge in [0.25, 0.3) is 5.91 Å². The molecule has 1 aliphatic heterocycles. The highest BCUT2D eigenvalue weighted by Gasteiger charge is 2.16. The molecule has 0 unspecified atom stereocenters. The number of anilines is 1. The number of quaternary nitrogens is 1. The molecule has 0 aromatic heterocycles. The van der Waals surface area contributed by atoms with Gasteiger partial charge in [0, 0.05) is 10.7 Å². The third-order valence-corrected chi connectivity index (χ3v) is 3.93. The van der Waals surface area contributed by atoms with E-state index < -0.39 is 0 Å². The first-order valence-corrected chi connectivity index (χ1v) is 7.42. The summed E-state index contributed by atoms with van der Waals surface area (Å²) >= 11 is 5.96. The van der Waals surface area contributed by atoms with Crippen molar-refractivity contribution in [2.24, 2.45) is 0 Å². The normalized spacial score (nSPS) is 16.9. The predicted molar refractivity (Wildman–Crippen MR) is 78.9 cm³/mol. The standard InChI is InChI=1S/C15H21ClN2O/c1-12-6-7-13(16)10-14(12)17-15(19)11-18-8-4-2-3-5-9-18/h6-7,10H,2-5,8-9,11H2,1H3,(H,17,19)/p+1. The maximum Gasteiger partial charge on any atom is 0.279 e. The molecule has 1 aliphatic rings. The van der Waals surface area contributed by atoms with E-state index >= 15 is 0 Å². The van der Waals surface area contributed by atoms with Crippen LogP contribution in [0.4, 0.5) is 5.69 Å². The van der Waals surface area contributed by atoms with E-state index in [9.17, 15) is 4.79 Å². The summed E-state index contributed by atoms with van der Waals surface area (Å²) in [6.45, 7) is 4.76. The van der Waals surface area contributed by atoms with Crippen LogP contribution >= 0.6 is 11.6 Å². The number of carbonyl (C=O) groups is 1. The third kappa shape index (κ3) is 4.51. The van der Waals surface area contributed by atoms with Crippen molar-refractivity contribution in [2.75, 3.05) is 25.0 Å². The molecule has 3 nitrogen and oxygen atoms in total. The Balaban J connectivity index is 1.91. The van der Waals surface area contributed by atoms with Crippen LogP contribution in [0.3, 0.4) is 0 Å². The zero-order valence-electron chi connectivity index (χ0n) is 11.5. The van der Waals surface area contributed by atoms with Crippen LogP contribution in [0.5, 0.6) is 0 Å². The van der Waals surface area contributed by atoms with Gasteiger partial charge in [-0.15, -0.1) is 0 Å². The van der Waals surface area contributed by atoms with Gasteiger partial charge in [0.15, 0.2) is 6.54 Å². The van der Waals surface area contributed by atoms with Gasteiger partial charge < -0.3 is 10.2 Å². The Kier molecular flexibility index (Phi) is 5.23. The van der Waals surface area contributed by atoms with E-state index in [0.29, 0.717) is 11.6 Å². The van der Waals surface area contributed by atoms with Crippen molar-refractivity contribution in [3.05, 3.63) is 28.8 Å². The van der Waals surface area contributed by atoms with E-state index in [1.165, 1.54) is 30.6 Å². The number of aryl methyl sites for hydroxylation is 1. The highest BCUT2D eigenvalue weighted by Crippen LogP contribution is 2.19. The van der Waals surface area contributed by atoms with Crippen LogP contribution in [0.1, 0.15) is 31.2 Å².